The van der Waals surface area contributed by atoms with Gasteiger partial charge in [-0.1, -0.05) is 28.9 Å². The number of carbonyl (C=O) groups is 1. The molecule has 0 aliphatic carbocycles. The number of likely N-dealkylation sites (tertiary alicyclic amines) is 1. The van der Waals surface area contributed by atoms with Crippen LogP contribution in [0.15, 0.2) is 30.5 Å². The van der Waals surface area contributed by atoms with Crippen LogP contribution in [0.2, 0.25) is 5.02 Å². The van der Waals surface area contributed by atoms with Gasteiger partial charge < -0.3 is 4.90 Å². The zero-order valence-electron chi connectivity index (χ0n) is 14.7. The number of carbonyl (C=O) groups excluding carboxylic acids is 1. The fourth-order valence-electron chi connectivity index (χ4n) is 3.37. The van der Waals surface area contributed by atoms with E-state index in [1.165, 1.54) is 4.31 Å². The van der Waals surface area contributed by atoms with Crippen LogP contribution in [0.1, 0.15) is 30.1 Å². The van der Waals surface area contributed by atoms with E-state index in [1.54, 1.807) is 40.0 Å². The molecule has 2 aliphatic heterocycles. The lowest BCUT2D eigenvalue weighted by atomic mass is 10.2. The summed E-state index contributed by atoms with van der Waals surface area (Å²) < 4.78 is 28.2. The van der Waals surface area contributed by atoms with Crippen LogP contribution in [0.25, 0.3) is 0 Å². The Labute approximate surface area is 162 Å². The molecule has 1 aromatic carbocycles. The minimum absolute atomic E-state index is 0.0327. The van der Waals surface area contributed by atoms with E-state index in [2.05, 4.69) is 10.3 Å². The van der Waals surface area contributed by atoms with Crippen molar-refractivity contribution < 1.29 is 13.2 Å². The van der Waals surface area contributed by atoms with Crippen molar-refractivity contribution in [2.24, 2.45) is 0 Å². The zero-order valence-corrected chi connectivity index (χ0v) is 16.2. The molecule has 144 valence electrons. The first kappa shape index (κ1) is 18.4. The predicted octanol–water partition coefficient (Wildman–Crippen LogP) is 1.44. The molecule has 2 fully saturated rings. The van der Waals surface area contributed by atoms with E-state index in [0.29, 0.717) is 36.6 Å². The van der Waals surface area contributed by atoms with E-state index in [4.69, 9.17) is 11.6 Å². The molecule has 2 aromatic rings. The quantitative estimate of drug-likeness (QED) is 0.720. The first-order valence-corrected chi connectivity index (χ1v) is 10.8. The Morgan fingerprint density at radius 1 is 1.26 bits per heavy atom. The molecule has 10 heteroatoms. The third-order valence-electron chi connectivity index (χ3n) is 4.92. The second kappa shape index (κ2) is 7.21. The van der Waals surface area contributed by atoms with Crippen molar-refractivity contribution in [3.63, 3.8) is 0 Å². The molecule has 0 unspecified atom stereocenters. The van der Waals surface area contributed by atoms with Crippen LogP contribution in [-0.4, -0.2) is 58.2 Å². The smallest absolute Gasteiger partial charge is 0.222 e. The zero-order chi connectivity index (χ0) is 19.0. The first-order valence-electron chi connectivity index (χ1n) is 8.81. The van der Waals surface area contributed by atoms with E-state index in [1.807, 2.05) is 0 Å². The van der Waals surface area contributed by atoms with E-state index in [0.717, 1.165) is 18.7 Å². The van der Waals surface area contributed by atoms with Gasteiger partial charge in [-0.2, -0.15) is 4.31 Å². The Morgan fingerprint density at radius 2 is 2.07 bits per heavy atom. The van der Waals surface area contributed by atoms with Crippen molar-refractivity contribution in [3.8, 4) is 0 Å². The minimum Gasteiger partial charge on any atom is -0.337 e. The Bertz CT molecular complexity index is 955. The number of hydrogen-bond donors (Lipinski definition) is 0. The lowest BCUT2D eigenvalue weighted by Gasteiger charge is -2.37. The second-order valence-corrected chi connectivity index (χ2v) is 9.37. The van der Waals surface area contributed by atoms with Gasteiger partial charge in [0, 0.05) is 31.1 Å². The summed E-state index contributed by atoms with van der Waals surface area (Å²) in [5.41, 5.74) is 1.40. The Hall–Kier alpha value is -1.97. The molecule has 0 radical (unpaired) electrons. The van der Waals surface area contributed by atoms with Crippen molar-refractivity contribution in [2.75, 3.05) is 19.6 Å². The Morgan fingerprint density at radius 3 is 2.78 bits per heavy atom. The topological polar surface area (TPSA) is 88.4 Å². The number of rotatable bonds is 6. The maximum Gasteiger partial charge on any atom is 0.222 e. The third kappa shape index (κ3) is 3.99. The molecule has 2 saturated heterocycles. The fraction of sp³-hybridized carbons (Fsp3) is 0.471. The Kier molecular flexibility index (Phi) is 4.92. The van der Waals surface area contributed by atoms with Crippen LogP contribution in [0.4, 0.5) is 0 Å². The normalized spacial score (nSPS) is 18.9. The van der Waals surface area contributed by atoms with Crippen molar-refractivity contribution in [3.05, 3.63) is 46.7 Å². The highest BCUT2D eigenvalue weighted by molar-refractivity contribution is 7.88. The van der Waals surface area contributed by atoms with E-state index >= 15 is 0 Å². The maximum atomic E-state index is 12.5. The summed E-state index contributed by atoms with van der Waals surface area (Å²) in [5, 5.41) is 8.75. The molecule has 1 amide bonds. The van der Waals surface area contributed by atoms with Gasteiger partial charge in [-0.05, 0) is 24.1 Å². The highest BCUT2D eigenvalue weighted by Gasteiger charge is 2.37. The van der Waals surface area contributed by atoms with Crippen molar-refractivity contribution >= 4 is 27.5 Å². The number of amides is 1. The first-order chi connectivity index (χ1) is 12.9. The van der Waals surface area contributed by atoms with E-state index in [9.17, 15) is 13.2 Å². The molecule has 0 atom stereocenters. The summed E-state index contributed by atoms with van der Waals surface area (Å²) in [6.07, 6.45) is 3.28. The average Bonchev–Trinajstić information content (AvgIpc) is 3.15. The summed E-state index contributed by atoms with van der Waals surface area (Å²) in [4.78, 5) is 13.5. The number of sulfonamides is 1. The summed E-state index contributed by atoms with van der Waals surface area (Å²) in [6, 6.07) is 6.85. The Balaban J connectivity index is 1.34. The van der Waals surface area contributed by atoms with Gasteiger partial charge in [-0.15, -0.1) is 5.10 Å². The summed E-state index contributed by atoms with van der Waals surface area (Å²) >= 11 is 5.93. The summed E-state index contributed by atoms with van der Waals surface area (Å²) in [5.74, 6) is 0.0754. The summed E-state index contributed by atoms with van der Waals surface area (Å²) in [6.45, 7) is 1.95. The molecule has 0 bridgehead atoms. The largest absolute Gasteiger partial charge is 0.337 e. The molecule has 0 spiro atoms. The van der Waals surface area contributed by atoms with Crippen molar-refractivity contribution in [1.82, 2.24) is 24.2 Å². The molecule has 8 nitrogen and oxygen atoms in total. The molecule has 0 saturated carbocycles. The van der Waals surface area contributed by atoms with Gasteiger partial charge in [-0.3, -0.25) is 4.79 Å². The highest BCUT2D eigenvalue weighted by Crippen LogP contribution is 2.26. The minimum atomic E-state index is -3.39. The predicted molar refractivity (Wildman–Crippen MR) is 99.4 cm³/mol. The van der Waals surface area contributed by atoms with Gasteiger partial charge in [0.25, 0.3) is 0 Å². The molecule has 27 heavy (non-hydrogen) atoms. The van der Waals surface area contributed by atoms with Crippen LogP contribution in [0, 0.1) is 0 Å². The number of benzene rings is 1. The SMILES string of the molecule is O=C1CCCN1Cc1cn(C2CN(S(=O)(=O)Cc3cccc(Cl)c3)C2)nn1. The van der Waals surface area contributed by atoms with Crippen LogP contribution in [0.5, 0.6) is 0 Å². The molecular formula is C17H20ClN5O3S. The number of hydrogen-bond acceptors (Lipinski definition) is 5. The number of nitrogens with zero attached hydrogens (tertiary/aromatic N) is 5. The highest BCUT2D eigenvalue weighted by atomic mass is 35.5. The fourth-order valence-corrected chi connectivity index (χ4v) is 5.17. The average molecular weight is 410 g/mol. The molecule has 2 aliphatic rings. The number of aromatic nitrogens is 3. The lowest BCUT2D eigenvalue weighted by molar-refractivity contribution is -0.128. The van der Waals surface area contributed by atoms with Crippen LogP contribution in [-0.2, 0) is 27.1 Å². The molecule has 0 N–H and O–H groups in total. The second-order valence-electron chi connectivity index (χ2n) is 6.97. The maximum absolute atomic E-state index is 12.5. The van der Waals surface area contributed by atoms with Gasteiger partial charge in [0.1, 0.15) is 5.69 Å². The van der Waals surface area contributed by atoms with E-state index in [-0.39, 0.29) is 17.7 Å². The van der Waals surface area contributed by atoms with Gasteiger partial charge in [0.05, 0.1) is 24.5 Å². The van der Waals surface area contributed by atoms with Crippen LogP contribution < -0.4 is 0 Å². The molecule has 1 aromatic heterocycles. The molecule has 4 rings (SSSR count). The van der Waals surface area contributed by atoms with E-state index < -0.39 is 10.0 Å². The standard InChI is InChI=1S/C17H20ClN5O3S/c18-14-4-1-3-13(7-14)12-27(25,26)22-10-16(11-22)23-9-15(19-20-23)8-21-6-2-5-17(21)24/h1,3-4,7,9,16H,2,5-6,8,10-12H2. The number of halogens is 1. The van der Waals surface area contributed by atoms with Crippen molar-refractivity contribution in [2.45, 2.75) is 31.2 Å². The monoisotopic (exact) mass is 409 g/mol. The molecular weight excluding hydrogens is 390 g/mol. The van der Waals surface area contributed by atoms with Gasteiger partial charge in [0.15, 0.2) is 0 Å². The van der Waals surface area contributed by atoms with Crippen LogP contribution in [0.3, 0.4) is 0 Å². The van der Waals surface area contributed by atoms with Gasteiger partial charge >= 0.3 is 0 Å². The van der Waals surface area contributed by atoms with Crippen molar-refractivity contribution in [1.29, 1.82) is 0 Å². The summed E-state index contributed by atoms with van der Waals surface area (Å²) in [7, 11) is -3.39. The van der Waals surface area contributed by atoms with Crippen LogP contribution >= 0.6 is 11.6 Å². The third-order valence-corrected chi connectivity index (χ3v) is 6.93. The van der Waals surface area contributed by atoms with Gasteiger partial charge in [-0.25, -0.2) is 13.1 Å². The molecule has 3 heterocycles. The lowest BCUT2D eigenvalue weighted by Crippen LogP contribution is -2.51. The van der Waals surface area contributed by atoms with Gasteiger partial charge in [0.2, 0.25) is 15.9 Å².